The maximum Gasteiger partial charge on any atom is 0.272 e. The molecule has 6 nitrogen and oxygen atoms in total. The highest BCUT2D eigenvalue weighted by atomic mass is 32.1. The minimum atomic E-state index is -0.346. The van der Waals surface area contributed by atoms with Crippen molar-refractivity contribution in [3.05, 3.63) is 46.3 Å². The highest BCUT2D eigenvalue weighted by Gasteiger charge is 2.27. The van der Waals surface area contributed by atoms with E-state index in [0.717, 1.165) is 31.2 Å². The van der Waals surface area contributed by atoms with E-state index in [-0.39, 0.29) is 18.2 Å². The molecule has 0 unspecified atom stereocenters. The molecule has 0 saturated carbocycles. The average molecular weight is 392 g/mol. The number of anilines is 2. The molecule has 0 bridgehead atoms. The molecular formula is C21H20N4O2S. The molecule has 2 aromatic rings. The third-order valence-corrected chi connectivity index (χ3v) is 6.26. The molecule has 1 N–H and O–H groups in total. The lowest BCUT2D eigenvalue weighted by Crippen LogP contribution is -2.36. The van der Waals surface area contributed by atoms with E-state index in [2.05, 4.69) is 16.5 Å². The highest BCUT2D eigenvalue weighted by Crippen LogP contribution is 2.37. The fourth-order valence-corrected chi connectivity index (χ4v) is 4.85. The van der Waals surface area contributed by atoms with Gasteiger partial charge in [0, 0.05) is 17.7 Å². The number of fused-ring (bicyclic) bond motifs is 1. The summed E-state index contributed by atoms with van der Waals surface area (Å²) in [6.07, 6.45) is 5.74. The van der Waals surface area contributed by atoms with Crippen LogP contribution in [0.5, 0.6) is 0 Å². The van der Waals surface area contributed by atoms with E-state index in [1.54, 1.807) is 12.1 Å². The molecule has 142 valence electrons. The Bertz CT molecular complexity index is 988. The number of nitrogens with one attached hydrogen (secondary N) is 1. The number of hydrazone groups is 1. The van der Waals surface area contributed by atoms with E-state index in [9.17, 15) is 14.9 Å². The molecule has 1 aliphatic heterocycles. The molecule has 28 heavy (non-hydrogen) atoms. The molecule has 1 aromatic carbocycles. The number of benzene rings is 1. The predicted octanol–water partition coefficient (Wildman–Crippen LogP) is 4.01. The van der Waals surface area contributed by atoms with E-state index in [1.807, 2.05) is 18.2 Å². The number of carbonyl (C=O) groups is 2. The quantitative estimate of drug-likeness (QED) is 0.801. The molecule has 4 rings (SSSR count). The van der Waals surface area contributed by atoms with Crippen LogP contribution in [0.4, 0.5) is 10.7 Å². The first-order chi connectivity index (χ1) is 13.7. The molecular weight excluding hydrogens is 372 g/mol. The first-order valence-electron chi connectivity index (χ1n) is 9.49. The zero-order chi connectivity index (χ0) is 19.5. The molecule has 0 spiro atoms. The Kier molecular flexibility index (Phi) is 5.22. The van der Waals surface area contributed by atoms with Crippen LogP contribution >= 0.6 is 11.3 Å². The van der Waals surface area contributed by atoms with Gasteiger partial charge in [-0.2, -0.15) is 10.4 Å². The molecule has 2 amide bonds. The van der Waals surface area contributed by atoms with Crippen LogP contribution in [-0.2, 0) is 22.4 Å². The average Bonchev–Trinajstić information content (AvgIpc) is 2.88. The Morgan fingerprint density at radius 3 is 2.68 bits per heavy atom. The number of nitriles is 1. The smallest absolute Gasteiger partial charge is 0.272 e. The first-order valence-corrected chi connectivity index (χ1v) is 10.3. The molecule has 0 atom stereocenters. The predicted molar refractivity (Wildman–Crippen MR) is 110 cm³/mol. The molecule has 0 radical (unpaired) electrons. The van der Waals surface area contributed by atoms with Gasteiger partial charge in [0.05, 0.1) is 11.3 Å². The molecule has 1 aromatic heterocycles. The van der Waals surface area contributed by atoms with Gasteiger partial charge in [-0.1, -0.05) is 24.6 Å². The van der Waals surface area contributed by atoms with Crippen molar-refractivity contribution in [2.24, 2.45) is 5.10 Å². The lowest BCUT2D eigenvalue weighted by Gasteiger charge is -2.23. The Hall–Kier alpha value is -2.98. The molecule has 0 fully saturated rings. The number of carbonyl (C=O) groups excluding carboxylic acids is 2. The van der Waals surface area contributed by atoms with Crippen LogP contribution in [-0.4, -0.2) is 17.5 Å². The van der Waals surface area contributed by atoms with Gasteiger partial charge in [0.2, 0.25) is 5.91 Å². The summed E-state index contributed by atoms with van der Waals surface area (Å²) in [6, 6.07) is 11.3. The second kappa shape index (κ2) is 7.95. The van der Waals surface area contributed by atoms with Crippen LogP contribution in [0.1, 0.15) is 48.1 Å². The fraction of sp³-hybridized carbons (Fsp3) is 0.333. The van der Waals surface area contributed by atoms with Crippen molar-refractivity contribution in [1.29, 1.82) is 5.26 Å². The van der Waals surface area contributed by atoms with Crippen LogP contribution in [0.3, 0.4) is 0 Å². The van der Waals surface area contributed by atoms with E-state index in [1.165, 1.54) is 27.6 Å². The number of aryl methyl sites for hydroxylation is 1. The molecule has 7 heteroatoms. The van der Waals surface area contributed by atoms with Gasteiger partial charge in [-0.05, 0) is 43.4 Å². The maximum absolute atomic E-state index is 12.8. The topological polar surface area (TPSA) is 85.6 Å². The van der Waals surface area contributed by atoms with Crippen molar-refractivity contribution in [3.63, 3.8) is 0 Å². The Labute approximate surface area is 167 Å². The second-order valence-corrected chi connectivity index (χ2v) is 8.03. The number of thiophene rings is 1. The summed E-state index contributed by atoms with van der Waals surface area (Å²) >= 11 is 1.50. The second-order valence-electron chi connectivity index (χ2n) is 6.92. The first kappa shape index (κ1) is 18.4. The van der Waals surface area contributed by atoms with Crippen LogP contribution in [0.25, 0.3) is 0 Å². The zero-order valence-corrected chi connectivity index (χ0v) is 16.2. The van der Waals surface area contributed by atoms with E-state index in [0.29, 0.717) is 28.4 Å². The van der Waals surface area contributed by atoms with Crippen molar-refractivity contribution in [1.82, 2.24) is 0 Å². The SMILES string of the molecule is N#Cc1c(NC(=O)C2=NN(c3ccccc3)C(=O)CC2)sc2c1CCCCC2. The largest absolute Gasteiger partial charge is 0.311 e. The number of para-hydroxylation sites is 1. The molecule has 2 aliphatic rings. The van der Waals surface area contributed by atoms with Crippen molar-refractivity contribution in [2.75, 3.05) is 10.3 Å². The van der Waals surface area contributed by atoms with Gasteiger partial charge in [-0.15, -0.1) is 11.3 Å². The van der Waals surface area contributed by atoms with E-state index >= 15 is 0 Å². The molecule has 2 heterocycles. The van der Waals surface area contributed by atoms with E-state index < -0.39 is 0 Å². The summed E-state index contributed by atoms with van der Waals surface area (Å²) in [5.74, 6) is -0.482. The maximum atomic E-state index is 12.8. The lowest BCUT2D eigenvalue weighted by atomic mass is 10.1. The number of rotatable bonds is 3. The van der Waals surface area contributed by atoms with Gasteiger partial charge in [0.15, 0.2) is 0 Å². The number of hydrogen-bond donors (Lipinski definition) is 1. The standard InChI is InChI=1S/C21H20N4O2S/c22-13-16-15-9-5-2-6-10-18(15)28-21(16)23-20(27)17-11-12-19(26)25(24-17)14-7-3-1-4-8-14/h1,3-4,7-8H,2,5-6,9-12H2,(H,23,27). The summed E-state index contributed by atoms with van der Waals surface area (Å²) in [7, 11) is 0. The number of nitrogens with zero attached hydrogens (tertiary/aromatic N) is 3. The number of amides is 2. The monoisotopic (exact) mass is 392 g/mol. The van der Waals surface area contributed by atoms with Crippen molar-refractivity contribution < 1.29 is 9.59 Å². The highest BCUT2D eigenvalue weighted by molar-refractivity contribution is 7.16. The van der Waals surface area contributed by atoms with Gasteiger partial charge in [-0.25, -0.2) is 5.01 Å². The Morgan fingerprint density at radius 2 is 1.89 bits per heavy atom. The van der Waals surface area contributed by atoms with Crippen LogP contribution < -0.4 is 10.3 Å². The van der Waals surface area contributed by atoms with Gasteiger partial charge >= 0.3 is 0 Å². The van der Waals surface area contributed by atoms with Gasteiger partial charge in [0.25, 0.3) is 5.91 Å². The summed E-state index contributed by atoms with van der Waals surface area (Å²) in [4.78, 5) is 26.3. The summed E-state index contributed by atoms with van der Waals surface area (Å²) < 4.78 is 0. The minimum absolute atomic E-state index is 0.136. The van der Waals surface area contributed by atoms with Crippen molar-refractivity contribution in [2.45, 2.75) is 44.9 Å². The summed E-state index contributed by atoms with van der Waals surface area (Å²) in [5, 5.41) is 18.7. The van der Waals surface area contributed by atoms with Crippen molar-refractivity contribution in [3.8, 4) is 6.07 Å². The molecule has 0 saturated heterocycles. The van der Waals surface area contributed by atoms with Gasteiger partial charge < -0.3 is 5.32 Å². The van der Waals surface area contributed by atoms with Crippen molar-refractivity contribution >= 4 is 39.6 Å². The Morgan fingerprint density at radius 1 is 1.11 bits per heavy atom. The zero-order valence-electron chi connectivity index (χ0n) is 15.4. The van der Waals surface area contributed by atoms with Gasteiger partial charge in [0.1, 0.15) is 16.8 Å². The summed E-state index contributed by atoms with van der Waals surface area (Å²) in [6.45, 7) is 0. The fourth-order valence-electron chi connectivity index (χ4n) is 3.61. The molecule has 1 aliphatic carbocycles. The third kappa shape index (κ3) is 3.56. The normalized spacial score (nSPS) is 16.6. The Balaban J connectivity index is 1.59. The van der Waals surface area contributed by atoms with Gasteiger partial charge in [-0.3, -0.25) is 9.59 Å². The lowest BCUT2D eigenvalue weighted by molar-refractivity contribution is -0.118. The third-order valence-electron chi connectivity index (χ3n) is 5.06. The minimum Gasteiger partial charge on any atom is -0.311 e. The van der Waals surface area contributed by atoms with Crippen LogP contribution in [0.15, 0.2) is 35.4 Å². The van der Waals surface area contributed by atoms with Crippen LogP contribution in [0, 0.1) is 11.3 Å². The summed E-state index contributed by atoms with van der Waals surface area (Å²) in [5.41, 5.74) is 2.61. The number of hydrogen-bond acceptors (Lipinski definition) is 5. The van der Waals surface area contributed by atoms with Crippen LogP contribution in [0.2, 0.25) is 0 Å². The van der Waals surface area contributed by atoms with E-state index in [4.69, 9.17) is 0 Å².